The highest BCUT2D eigenvalue weighted by molar-refractivity contribution is 7.13. The van der Waals surface area contributed by atoms with Gasteiger partial charge in [0.2, 0.25) is 5.13 Å². The first-order chi connectivity index (χ1) is 9.60. The van der Waals surface area contributed by atoms with Crippen molar-refractivity contribution in [1.29, 1.82) is 0 Å². The van der Waals surface area contributed by atoms with Crippen LogP contribution in [-0.2, 0) is 4.74 Å². The molecule has 2 N–H and O–H groups in total. The van der Waals surface area contributed by atoms with Crippen LogP contribution in [0, 0.1) is 6.92 Å². The number of nitrogens with one attached hydrogen (secondary N) is 1. The molecular weight excluding hydrogens is 278 g/mol. The van der Waals surface area contributed by atoms with Gasteiger partial charge in [-0.25, -0.2) is 9.78 Å². The molecule has 0 radical (unpaired) electrons. The number of thiazole rings is 1. The van der Waals surface area contributed by atoms with Crippen LogP contribution in [0.3, 0.4) is 0 Å². The number of nitrogens with zero attached hydrogens (tertiary/aromatic N) is 2. The Morgan fingerprint density at radius 1 is 1.55 bits per heavy atom. The van der Waals surface area contributed by atoms with Crippen LogP contribution >= 0.6 is 11.3 Å². The molecule has 0 saturated carbocycles. The van der Waals surface area contributed by atoms with Gasteiger partial charge < -0.3 is 9.84 Å². The number of carbonyl (C=O) groups is 1. The van der Waals surface area contributed by atoms with E-state index in [1.165, 1.54) is 36.8 Å². The molecule has 0 atom stereocenters. The number of hydrogen-bond acceptors (Lipinski definition) is 7. The minimum absolute atomic E-state index is 0.0987. The van der Waals surface area contributed by atoms with Gasteiger partial charge in [0.25, 0.3) is 0 Å². The number of aromatic nitrogens is 1. The lowest BCUT2D eigenvalue weighted by atomic mass is 10.1. The van der Waals surface area contributed by atoms with Gasteiger partial charge in [0.15, 0.2) is 0 Å². The maximum absolute atomic E-state index is 11.4. The van der Waals surface area contributed by atoms with Crippen molar-refractivity contribution in [2.75, 3.05) is 12.5 Å². The maximum atomic E-state index is 11.4. The lowest BCUT2D eigenvalue weighted by molar-refractivity contribution is 0.0597. The predicted molar refractivity (Wildman–Crippen MR) is 77.5 cm³/mol. The topological polar surface area (TPSA) is 83.8 Å². The van der Waals surface area contributed by atoms with Crippen LogP contribution in [0.2, 0.25) is 0 Å². The summed E-state index contributed by atoms with van der Waals surface area (Å²) in [6.45, 7) is 1.90. The number of carbonyl (C=O) groups excluding carboxylic acids is 1. The van der Waals surface area contributed by atoms with Crippen molar-refractivity contribution in [3.63, 3.8) is 0 Å². The molecule has 1 aromatic heterocycles. The van der Waals surface area contributed by atoms with E-state index in [2.05, 4.69) is 20.2 Å². The molecule has 2 rings (SSSR count). The van der Waals surface area contributed by atoms with E-state index in [0.717, 1.165) is 5.69 Å². The number of aromatic hydroxyl groups is 1. The summed E-state index contributed by atoms with van der Waals surface area (Å²) in [7, 11) is 1.26. The average Bonchev–Trinajstić information content (AvgIpc) is 2.85. The van der Waals surface area contributed by atoms with E-state index in [1.807, 2.05) is 12.3 Å². The molecule has 2 aromatic rings. The van der Waals surface area contributed by atoms with Crippen molar-refractivity contribution in [2.24, 2.45) is 5.10 Å². The van der Waals surface area contributed by atoms with Crippen molar-refractivity contribution in [3.05, 3.63) is 40.4 Å². The quantitative estimate of drug-likeness (QED) is 0.513. The number of anilines is 1. The Hall–Kier alpha value is -2.41. The second-order valence-corrected chi connectivity index (χ2v) is 4.79. The van der Waals surface area contributed by atoms with Crippen LogP contribution in [0.15, 0.2) is 28.7 Å². The van der Waals surface area contributed by atoms with E-state index in [9.17, 15) is 9.90 Å². The summed E-state index contributed by atoms with van der Waals surface area (Å²) in [6.07, 6.45) is 1.53. The summed E-state index contributed by atoms with van der Waals surface area (Å²) < 4.78 is 4.58. The molecule has 0 saturated heterocycles. The Morgan fingerprint density at radius 2 is 2.35 bits per heavy atom. The monoisotopic (exact) mass is 291 g/mol. The van der Waals surface area contributed by atoms with Crippen molar-refractivity contribution in [3.8, 4) is 5.75 Å². The molecule has 0 amide bonds. The van der Waals surface area contributed by atoms with Gasteiger partial charge >= 0.3 is 5.97 Å². The molecule has 0 fully saturated rings. The second kappa shape index (κ2) is 6.16. The van der Waals surface area contributed by atoms with Gasteiger partial charge in [0.05, 0.1) is 19.0 Å². The summed E-state index contributed by atoms with van der Waals surface area (Å²) in [5, 5.41) is 16.2. The number of benzene rings is 1. The fourth-order valence-electron chi connectivity index (χ4n) is 1.47. The fourth-order valence-corrected chi connectivity index (χ4v) is 2.11. The van der Waals surface area contributed by atoms with Crippen LogP contribution in [0.1, 0.15) is 21.6 Å². The molecule has 0 spiro atoms. The summed E-state index contributed by atoms with van der Waals surface area (Å²) in [4.78, 5) is 15.6. The zero-order chi connectivity index (χ0) is 14.5. The molecule has 20 heavy (non-hydrogen) atoms. The maximum Gasteiger partial charge on any atom is 0.341 e. The smallest absolute Gasteiger partial charge is 0.341 e. The largest absolute Gasteiger partial charge is 0.507 e. The van der Waals surface area contributed by atoms with Gasteiger partial charge in [-0.1, -0.05) is 0 Å². The molecule has 1 aromatic carbocycles. The van der Waals surface area contributed by atoms with Gasteiger partial charge in [-0.3, -0.25) is 5.43 Å². The van der Waals surface area contributed by atoms with E-state index in [1.54, 1.807) is 6.07 Å². The van der Waals surface area contributed by atoms with E-state index >= 15 is 0 Å². The predicted octanol–water partition coefficient (Wildman–Crippen LogP) is 2.39. The summed E-state index contributed by atoms with van der Waals surface area (Å²) in [6, 6.07) is 4.56. The summed E-state index contributed by atoms with van der Waals surface area (Å²) in [5.74, 6) is -0.723. The Morgan fingerprint density at radius 3 is 3.00 bits per heavy atom. The van der Waals surface area contributed by atoms with Crippen LogP contribution in [0.5, 0.6) is 5.75 Å². The van der Waals surface area contributed by atoms with Gasteiger partial charge in [0, 0.05) is 5.38 Å². The highest BCUT2D eigenvalue weighted by atomic mass is 32.1. The molecule has 0 aliphatic heterocycles. The summed E-state index contributed by atoms with van der Waals surface area (Å²) in [5.41, 5.74) is 4.47. The van der Waals surface area contributed by atoms with Crippen LogP contribution in [-0.4, -0.2) is 29.4 Å². The number of hydrogen-bond donors (Lipinski definition) is 2. The molecule has 0 aliphatic rings. The Labute approximate surface area is 119 Å². The molecule has 0 unspecified atom stereocenters. The van der Waals surface area contributed by atoms with Crippen molar-refractivity contribution in [2.45, 2.75) is 6.92 Å². The molecule has 6 nitrogen and oxygen atoms in total. The van der Waals surface area contributed by atoms with E-state index < -0.39 is 5.97 Å². The highest BCUT2D eigenvalue weighted by Gasteiger charge is 2.11. The third-order valence-electron chi connectivity index (χ3n) is 2.42. The fraction of sp³-hybridized carbons (Fsp3) is 0.154. The normalized spacial score (nSPS) is 10.7. The molecule has 104 valence electrons. The Balaban J connectivity index is 2.11. The lowest BCUT2D eigenvalue weighted by Gasteiger charge is -2.03. The van der Waals surface area contributed by atoms with Crippen molar-refractivity contribution < 1.29 is 14.6 Å². The van der Waals surface area contributed by atoms with Crippen molar-refractivity contribution in [1.82, 2.24) is 4.98 Å². The molecular formula is C13H13N3O3S. The van der Waals surface area contributed by atoms with E-state index in [4.69, 9.17) is 0 Å². The standard InChI is InChI=1S/C13H13N3O3S/c1-8-7-20-13(15-8)16-14-6-9-3-4-11(17)10(5-9)12(18)19-2/h3-7,17H,1-2H3,(H,15,16). The number of aryl methyl sites for hydroxylation is 1. The third kappa shape index (κ3) is 3.33. The minimum atomic E-state index is -0.596. The lowest BCUT2D eigenvalue weighted by Crippen LogP contribution is -2.02. The van der Waals surface area contributed by atoms with Crippen LogP contribution < -0.4 is 5.43 Å². The highest BCUT2D eigenvalue weighted by Crippen LogP contribution is 2.19. The first kappa shape index (κ1) is 14.0. The SMILES string of the molecule is COC(=O)c1cc(C=NNc2nc(C)cs2)ccc1O. The van der Waals surface area contributed by atoms with Gasteiger partial charge in [-0.2, -0.15) is 5.10 Å². The first-order valence-corrected chi connectivity index (χ1v) is 6.60. The second-order valence-electron chi connectivity index (χ2n) is 3.93. The first-order valence-electron chi connectivity index (χ1n) is 5.72. The number of phenolic OH excluding ortho intramolecular Hbond substituents is 1. The molecule has 1 heterocycles. The number of esters is 1. The van der Waals surface area contributed by atoms with Gasteiger partial charge in [0.1, 0.15) is 11.3 Å². The summed E-state index contributed by atoms with van der Waals surface area (Å²) >= 11 is 1.45. The van der Waals surface area contributed by atoms with Gasteiger partial charge in [-0.05, 0) is 30.7 Å². The third-order valence-corrected chi connectivity index (χ3v) is 3.28. The number of rotatable bonds is 4. The van der Waals surface area contributed by atoms with Crippen LogP contribution in [0.4, 0.5) is 5.13 Å². The average molecular weight is 291 g/mol. The Kier molecular flexibility index (Phi) is 4.31. The number of ether oxygens (including phenoxy) is 1. The molecule has 0 aliphatic carbocycles. The number of phenols is 1. The van der Waals surface area contributed by atoms with E-state index in [0.29, 0.717) is 10.7 Å². The zero-order valence-corrected chi connectivity index (χ0v) is 11.8. The van der Waals surface area contributed by atoms with Crippen LogP contribution in [0.25, 0.3) is 0 Å². The number of methoxy groups -OCH3 is 1. The van der Waals surface area contributed by atoms with E-state index in [-0.39, 0.29) is 11.3 Å². The Bertz CT molecular complexity index is 652. The molecule has 7 heteroatoms. The van der Waals surface area contributed by atoms with Crippen molar-refractivity contribution >= 4 is 28.7 Å². The minimum Gasteiger partial charge on any atom is -0.507 e. The number of hydrazone groups is 1. The van der Waals surface area contributed by atoms with Gasteiger partial charge in [-0.15, -0.1) is 11.3 Å². The molecule has 0 bridgehead atoms. The zero-order valence-electron chi connectivity index (χ0n) is 11.0.